The van der Waals surface area contributed by atoms with Gasteiger partial charge in [-0.05, 0) is 0 Å². The van der Waals surface area contributed by atoms with Gasteiger partial charge >= 0.3 is 0 Å². The van der Waals surface area contributed by atoms with Crippen LogP contribution in [0.5, 0.6) is 0 Å². The molecule has 0 bridgehead atoms. The number of carbonyl (C=O) groups is 1. The number of halogens is 1. The maximum Gasteiger partial charge on any atom is 0.253 e. The minimum Gasteiger partial charge on any atom is -0.376 e. The van der Waals surface area contributed by atoms with E-state index in [2.05, 4.69) is 0 Å². The van der Waals surface area contributed by atoms with Crippen molar-refractivity contribution in [2.75, 3.05) is 39.3 Å². The van der Waals surface area contributed by atoms with E-state index in [0.29, 0.717) is 32.2 Å². The van der Waals surface area contributed by atoms with Gasteiger partial charge in [0.1, 0.15) is 0 Å². The van der Waals surface area contributed by atoms with E-state index in [-0.39, 0.29) is 5.91 Å². The van der Waals surface area contributed by atoms with Gasteiger partial charge in [-0.3, -0.25) is 4.79 Å². The first-order chi connectivity index (χ1) is 6.25. The number of rotatable bonds is 3. The predicted molar refractivity (Wildman–Crippen MR) is 48.9 cm³/mol. The molecule has 0 N–H and O–H groups in total. The second-order valence-electron chi connectivity index (χ2n) is 2.88. The number of likely N-dealkylation sites (N-methyl/N-ethyl adjacent to an activating group) is 1. The van der Waals surface area contributed by atoms with E-state index in [9.17, 15) is 4.79 Å². The van der Waals surface area contributed by atoms with Crippen molar-refractivity contribution in [2.24, 2.45) is 0 Å². The number of hydrogen-bond acceptors (Lipinski definition) is 3. The molecule has 1 amide bonds. The quantitative estimate of drug-likeness (QED) is 0.617. The summed E-state index contributed by atoms with van der Waals surface area (Å²) in [7, 11) is 1.71. The third-order valence-corrected chi connectivity index (χ3v) is 2.06. The zero-order chi connectivity index (χ0) is 9.68. The van der Waals surface area contributed by atoms with Crippen LogP contribution in [-0.2, 0) is 14.3 Å². The Balaban J connectivity index is 2.36. The molecule has 1 heterocycles. The van der Waals surface area contributed by atoms with Crippen LogP contribution >= 0.6 is 11.6 Å². The zero-order valence-corrected chi connectivity index (χ0v) is 8.42. The van der Waals surface area contributed by atoms with Crippen molar-refractivity contribution in [2.45, 2.75) is 6.10 Å². The summed E-state index contributed by atoms with van der Waals surface area (Å²) < 4.78 is 10.4. The van der Waals surface area contributed by atoms with Crippen molar-refractivity contribution in [1.82, 2.24) is 4.90 Å². The lowest BCUT2D eigenvalue weighted by Crippen LogP contribution is -2.44. The first-order valence-corrected chi connectivity index (χ1v) is 4.79. The van der Waals surface area contributed by atoms with Gasteiger partial charge in [0.15, 0.2) is 6.10 Å². The lowest BCUT2D eigenvalue weighted by atomic mass is 10.3. The Labute approximate surface area is 82.7 Å². The number of alkyl halides is 1. The van der Waals surface area contributed by atoms with E-state index >= 15 is 0 Å². The molecule has 1 unspecified atom stereocenters. The fourth-order valence-electron chi connectivity index (χ4n) is 1.11. The Morgan fingerprint density at radius 2 is 2.38 bits per heavy atom. The third-order valence-electron chi connectivity index (χ3n) is 1.89. The van der Waals surface area contributed by atoms with E-state index < -0.39 is 6.10 Å². The second-order valence-corrected chi connectivity index (χ2v) is 3.26. The Hall–Kier alpha value is -0.320. The van der Waals surface area contributed by atoms with E-state index in [1.807, 2.05) is 0 Å². The van der Waals surface area contributed by atoms with Crippen LogP contribution in [0.15, 0.2) is 0 Å². The molecule has 1 aliphatic heterocycles. The van der Waals surface area contributed by atoms with Gasteiger partial charge in [-0.1, -0.05) is 0 Å². The molecule has 0 aliphatic carbocycles. The maximum atomic E-state index is 11.6. The van der Waals surface area contributed by atoms with Crippen LogP contribution in [-0.4, -0.2) is 56.2 Å². The molecule has 1 rings (SSSR count). The Bertz CT molecular complexity index is 171. The van der Waals surface area contributed by atoms with Crippen molar-refractivity contribution in [3.63, 3.8) is 0 Å². The van der Waals surface area contributed by atoms with Crippen LogP contribution in [0.3, 0.4) is 0 Å². The van der Waals surface area contributed by atoms with E-state index in [0.717, 1.165) is 0 Å². The molecule has 76 valence electrons. The zero-order valence-electron chi connectivity index (χ0n) is 7.66. The normalized spacial score (nSPS) is 22.8. The maximum absolute atomic E-state index is 11.6. The van der Waals surface area contributed by atoms with Gasteiger partial charge in [-0.25, -0.2) is 0 Å². The van der Waals surface area contributed by atoms with Gasteiger partial charge in [-0.15, -0.1) is 11.6 Å². The summed E-state index contributed by atoms with van der Waals surface area (Å²) in [6, 6.07) is 0. The van der Waals surface area contributed by atoms with Crippen LogP contribution < -0.4 is 0 Å². The van der Waals surface area contributed by atoms with Crippen LogP contribution in [0.1, 0.15) is 0 Å². The average Bonchev–Trinajstić information content (AvgIpc) is 2.18. The summed E-state index contributed by atoms with van der Waals surface area (Å²) in [6.45, 7) is 1.96. The van der Waals surface area contributed by atoms with Gasteiger partial charge in [0.25, 0.3) is 5.91 Å². The lowest BCUT2D eigenvalue weighted by molar-refractivity contribution is -0.156. The summed E-state index contributed by atoms with van der Waals surface area (Å²) in [5.74, 6) is 0.385. The summed E-state index contributed by atoms with van der Waals surface area (Å²) in [5, 5.41) is 0. The number of hydrogen-bond donors (Lipinski definition) is 0. The van der Waals surface area contributed by atoms with Crippen molar-refractivity contribution >= 4 is 17.5 Å². The first-order valence-electron chi connectivity index (χ1n) is 4.26. The molecule has 1 atom stereocenters. The minimum absolute atomic E-state index is 0.0552. The number of amides is 1. The van der Waals surface area contributed by atoms with Crippen LogP contribution in [0.4, 0.5) is 0 Å². The monoisotopic (exact) mass is 207 g/mol. The summed E-state index contributed by atoms with van der Waals surface area (Å²) in [5.41, 5.74) is 0. The highest BCUT2D eigenvalue weighted by atomic mass is 35.5. The van der Waals surface area contributed by atoms with Gasteiger partial charge in [0.05, 0.1) is 19.8 Å². The predicted octanol–water partition coefficient (Wildman–Crippen LogP) is 0.0990. The smallest absolute Gasteiger partial charge is 0.253 e. The van der Waals surface area contributed by atoms with Gasteiger partial charge in [-0.2, -0.15) is 0 Å². The number of nitrogens with zero attached hydrogens (tertiary/aromatic N) is 1. The van der Waals surface area contributed by atoms with Crippen molar-refractivity contribution in [3.8, 4) is 0 Å². The topological polar surface area (TPSA) is 38.8 Å². The first kappa shape index (κ1) is 10.8. The highest BCUT2D eigenvalue weighted by Crippen LogP contribution is 2.04. The molecular formula is C8H14ClNO3. The second kappa shape index (κ2) is 5.42. The number of ether oxygens (including phenoxy) is 2. The van der Waals surface area contributed by atoms with E-state index in [1.165, 1.54) is 0 Å². The Morgan fingerprint density at radius 3 is 2.92 bits per heavy atom. The molecule has 0 aromatic rings. The molecule has 0 aromatic heterocycles. The molecular weight excluding hydrogens is 194 g/mol. The molecule has 5 heteroatoms. The summed E-state index contributed by atoms with van der Waals surface area (Å²) >= 11 is 5.51. The van der Waals surface area contributed by atoms with Gasteiger partial charge in [0, 0.05) is 19.5 Å². The molecule has 0 aromatic carbocycles. The molecule has 1 aliphatic rings. The molecule has 0 spiro atoms. The van der Waals surface area contributed by atoms with E-state index in [1.54, 1.807) is 11.9 Å². The third kappa shape index (κ3) is 3.14. The lowest BCUT2D eigenvalue weighted by Gasteiger charge is -2.26. The fourth-order valence-corrected chi connectivity index (χ4v) is 1.37. The fraction of sp³-hybridized carbons (Fsp3) is 0.875. The average molecular weight is 208 g/mol. The van der Waals surface area contributed by atoms with Crippen molar-refractivity contribution in [3.05, 3.63) is 0 Å². The van der Waals surface area contributed by atoms with Gasteiger partial charge < -0.3 is 14.4 Å². The highest BCUT2D eigenvalue weighted by Gasteiger charge is 2.25. The minimum atomic E-state index is -0.443. The van der Waals surface area contributed by atoms with Crippen molar-refractivity contribution < 1.29 is 14.3 Å². The van der Waals surface area contributed by atoms with Crippen LogP contribution in [0, 0.1) is 0 Å². The Kier molecular flexibility index (Phi) is 4.48. The SMILES string of the molecule is CN(CCCl)C(=O)C1COCCO1. The molecule has 13 heavy (non-hydrogen) atoms. The molecule has 4 nitrogen and oxygen atoms in total. The standard InChI is InChI=1S/C8H14ClNO3/c1-10(3-2-9)8(11)7-6-12-4-5-13-7/h7H,2-6H2,1H3. The molecule has 0 radical (unpaired) electrons. The van der Waals surface area contributed by atoms with E-state index in [4.69, 9.17) is 21.1 Å². The molecule has 0 saturated carbocycles. The molecule has 1 saturated heterocycles. The highest BCUT2D eigenvalue weighted by molar-refractivity contribution is 6.18. The summed E-state index contributed by atoms with van der Waals surface area (Å²) in [6.07, 6.45) is -0.443. The van der Waals surface area contributed by atoms with Crippen molar-refractivity contribution in [1.29, 1.82) is 0 Å². The Morgan fingerprint density at radius 1 is 1.62 bits per heavy atom. The van der Waals surface area contributed by atoms with Gasteiger partial charge in [0.2, 0.25) is 0 Å². The van der Waals surface area contributed by atoms with Crippen LogP contribution in [0.2, 0.25) is 0 Å². The number of carbonyl (C=O) groups excluding carboxylic acids is 1. The summed E-state index contributed by atoms with van der Waals surface area (Å²) in [4.78, 5) is 13.1. The molecule has 1 fully saturated rings. The van der Waals surface area contributed by atoms with Crippen LogP contribution in [0.25, 0.3) is 0 Å². The largest absolute Gasteiger partial charge is 0.376 e.